The summed E-state index contributed by atoms with van der Waals surface area (Å²) in [5.74, 6) is 2.00. The predicted molar refractivity (Wildman–Crippen MR) is 99.6 cm³/mol. The van der Waals surface area contributed by atoms with Gasteiger partial charge in [-0.2, -0.15) is 5.10 Å². The SMILES string of the molecule is COc1ccc(-n2nc(-c3ccc(C)s3)c3c2NCCCC3)cc1. The lowest BCUT2D eigenvalue weighted by Crippen LogP contribution is -2.07. The van der Waals surface area contributed by atoms with Gasteiger partial charge in [0.2, 0.25) is 0 Å². The summed E-state index contributed by atoms with van der Waals surface area (Å²) in [6.45, 7) is 3.14. The van der Waals surface area contributed by atoms with Gasteiger partial charge in [0.05, 0.1) is 17.7 Å². The van der Waals surface area contributed by atoms with Crippen LogP contribution in [0.2, 0.25) is 0 Å². The normalized spacial score (nSPS) is 13.9. The standard InChI is InChI=1S/C19H21N3OS/c1-13-6-11-17(24-13)18-16-5-3-4-12-20-19(16)22(21-18)14-7-9-15(23-2)10-8-14/h6-11,20H,3-5,12H2,1-2H3. The molecule has 4 rings (SSSR count). The van der Waals surface area contributed by atoms with Crippen LogP contribution in [-0.2, 0) is 6.42 Å². The van der Waals surface area contributed by atoms with Gasteiger partial charge in [0.1, 0.15) is 17.3 Å². The molecule has 0 radical (unpaired) electrons. The van der Waals surface area contributed by atoms with Crippen molar-refractivity contribution in [3.8, 4) is 22.0 Å². The van der Waals surface area contributed by atoms with Crippen LogP contribution in [0.4, 0.5) is 5.82 Å². The number of anilines is 1. The summed E-state index contributed by atoms with van der Waals surface area (Å²) in [4.78, 5) is 2.57. The molecule has 1 aliphatic heterocycles. The number of fused-ring (bicyclic) bond motifs is 1. The Labute approximate surface area is 146 Å². The van der Waals surface area contributed by atoms with Crippen LogP contribution in [0, 0.1) is 6.92 Å². The molecule has 4 nitrogen and oxygen atoms in total. The molecule has 124 valence electrons. The summed E-state index contributed by atoms with van der Waals surface area (Å²) in [5, 5.41) is 8.56. The lowest BCUT2D eigenvalue weighted by atomic mass is 10.1. The molecule has 5 heteroatoms. The van der Waals surface area contributed by atoms with E-state index in [-0.39, 0.29) is 0 Å². The minimum atomic E-state index is 0.860. The van der Waals surface area contributed by atoms with Crippen molar-refractivity contribution in [3.05, 3.63) is 46.8 Å². The van der Waals surface area contributed by atoms with Crippen molar-refractivity contribution in [3.63, 3.8) is 0 Å². The molecule has 0 aliphatic carbocycles. The number of hydrogen-bond donors (Lipinski definition) is 1. The Morgan fingerprint density at radius 3 is 2.67 bits per heavy atom. The van der Waals surface area contributed by atoms with E-state index in [4.69, 9.17) is 9.84 Å². The Morgan fingerprint density at radius 2 is 1.96 bits per heavy atom. The minimum absolute atomic E-state index is 0.860. The van der Waals surface area contributed by atoms with Crippen molar-refractivity contribution in [2.45, 2.75) is 26.2 Å². The molecule has 0 bridgehead atoms. The maximum atomic E-state index is 5.27. The average molecular weight is 339 g/mol. The Bertz CT molecular complexity index is 848. The molecule has 0 fully saturated rings. The Morgan fingerprint density at radius 1 is 1.12 bits per heavy atom. The summed E-state index contributed by atoms with van der Waals surface area (Å²) in [5.41, 5.74) is 3.51. The van der Waals surface area contributed by atoms with E-state index >= 15 is 0 Å². The number of aromatic nitrogens is 2. The molecule has 1 aromatic carbocycles. The van der Waals surface area contributed by atoms with E-state index in [1.54, 1.807) is 7.11 Å². The van der Waals surface area contributed by atoms with Crippen molar-refractivity contribution in [2.24, 2.45) is 0 Å². The zero-order chi connectivity index (χ0) is 16.5. The molecule has 0 spiro atoms. The zero-order valence-electron chi connectivity index (χ0n) is 14.0. The molecule has 3 aromatic rings. The van der Waals surface area contributed by atoms with E-state index in [2.05, 4.69) is 36.5 Å². The van der Waals surface area contributed by atoms with Gasteiger partial charge in [-0.05, 0) is 62.6 Å². The lowest BCUT2D eigenvalue weighted by Gasteiger charge is -2.09. The molecule has 0 atom stereocenters. The number of methoxy groups -OCH3 is 1. The van der Waals surface area contributed by atoms with Crippen LogP contribution >= 0.6 is 11.3 Å². The highest BCUT2D eigenvalue weighted by Crippen LogP contribution is 2.37. The van der Waals surface area contributed by atoms with Crippen molar-refractivity contribution >= 4 is 17.2 Å². The van der Waals surface area contributed by atoms with E-state index in [1.807, 2.05) is 28.2 Å². The number of ether oxygens (including phenoxy) is 1. The number of benzene rings is 1. The van der Waals surface area contributed by atoms with Crippen LogP contribution in [0.3, 0.4) is 0 Å². The molecule has 1 aliphatic rings. The molecule has 3 heterocycles. The molecular weight excluding hydrogens is 318 g/mol. The number of thiophene rings is 1. The Hall–Kier alpha value is -2.27. The first-order valence-corrected chi connectivity index (χ1v) is 9.15. The van der Waals surface area contributed by atoms with Gasteiger partial charge >= 0.3 is 0 Å². The second kappa shape index (κ2) is 6.32. The lowest BCUT2D eigenvalue weighted by molar-refractivity contribution is 0.414. The van der Waals surface area contributed by atoms with Crippen LogP contribution in [0.1, 0.15) is 23.3 Å². The van der Waals surface area contributed by atoms with Crippen molar-refractivity contribution in [2.75, 3.05) is 19.0 Å². The highest BCUT2D eigenvalue weighted by Gasteiger charge is 2.22. The summed E-state index contributed by atoms with van der Waals surface area (Å²) in [6, 6.07) is 12.4. The largest absolute Gasteiger partial charge is 0.497 e. The van der Waals surface area contributed by atoms with Crippen molar-refractivity contribution < 1.29 is 4.74 Å². The van der Waals surface area contributed by atoms with Crippen molar-refractivity contribution in [1.82, 2.24) is 9.78 Å². The fourth-order valence-corrected chi connectivity index (χ4v) is 4.05. The molecule has 1 N–H and O–H groups in total. The van der Waals surface area contributed by atoms with E-state index < -0.39 is 0 Å². The topological polar surface area (TPSA) is 39.1 Å². The van der Waals surface area contributed by atoms with Crippen LogP contribution in [0.15, 0.2) is 36.4 Å². The zero-order valence-corrected chi connectivity index (χ0v) is 14.8. The minimum Gasteiger partial charge on any atom is -0.497 e. The third-order valence-corrected chi connectivity index (χ3v) is 5.43. The molecular formula is C19H21N3OS. The van der Waals surface area contributed by atoms with E-state index in [9.17, 15) is 0 Å². The second-order valence-electron chi connectivity index (χ2n) is 6.08. The van der Waals surface area contributed by atoms with Crippen molar-refractivity contribution in [1.29, 1.82) is 0 Å². The van der Waals surface area contributed by atoms with Gasteiger partial charge in [-0.25, -0.2) is 4.68 Å². The summed E-state index contributed by atoms with van der Waals surface area (Å²) < 4.78 is 7.32. The maximum absolute atomic E-state index is 5.27. The molecule has 0 unspecified atom stereocenters. The van der Waals surface area contributed by atoms with Gasteiger partial charge in [0.25, 0.3) is 0 Å². The third kappa shape index (κ3) is 2.69. The fourth-order valence-electron chi connectivity index (χ4n) is 3.17. The fraction of sp³-hybridized carbons (Fsp3) is 0.316. The van der Waals surface area contributed by atoms with Gasteiger partial charge in [-0.15, -0.1) is 11.3 Å². The van der Waals surface area contributed by atoms with Crippen LogP contribution in [-0.4, -0.2) is 23.4 Å². The first-order chi connectivity index (χ1) is 11.8. The van der Waals surface area contributed by atoms with E-state index in [1.165, 1.54) is 28.2 Å². The van der Waals surface area contributed by atoms with Gasteiger partial charge in [-0.3, -0.25) is 0 Å². The van der Waals surface area contributed by atoms with E-state index in [0.717, 1.165) is 35.9 Å². The number of aryl methyl sites for hydroxylation is 1. The van der Waals surface area contributed by atoms with E-state index in [0.29, 0.717) is 0 Å². The number of hydrogen-bond acceptors (Lipinski definition) is 4. The third-order valence-electron chi connectivity index (χ3n) is 4.42. The molecule has 0 saturated carbocycles. The summed E-state index contributed by atoms with van der Waals surface area (Å²) in [6.07, 6.45) is 3.47. The predicted octanol–water partition coefficient (Wildman–Crippen LogP) is 4.67. The molecule has 24 heavy (non-hydrogen) atoms. The molecule has 0 amide bonds. The molecule has 2 aromatic heterocycles. The number of rotatable bonds is 3. The van der Waals surface area contributed by atoms with Crippen LogP contribution < -0.4 is 10.1 Å². The maximum Gasteiger partial charge on any atom is 0.133 e. The average Bonchev–Trinajstić information content (AvgIpc) is 3.10. The smallest absolute Gasteiger partial charge is 0.133 e. The monoisotopic (exact) mass is 339 g/mol. The quantitative estimate of drug-likeness (QED) is 0.754. The molecule has 0 saturated heterocycles. The summed E-state index contributed by atoms with van der Waals surface area (Å²) in [7, 11) is 1.69. The van der Waals surface area contributed by atoms with Gasteiger partial charge < -0.3 is 10.1 Å². The first kappa shape index (κ1) is 15.3. The van der Waals surface area contributed by atoms with Gasteiger partial charge in [0.15, 0.2) is 0 Å². The van der Waals surface area contributed by atoms with Gasteiger partial charge in [0, 0.05) is 17.0 Å². The van der Waals surface area contributed by atoms with Gasteiger partial charge in [-0.1, -0.05) is 0 Å². The highest BCUT2D eigenvalue weighted by molar-refractivity contribution is 7.15. The number of nitrogens with zero attached hydrogens (tertiary/aromatic N) is 2. The highest BCUT2D eigenvalue weighted by atomic mass is 32.1. The summed E-state index contributed by atoms with van der Waals surface area (Å²) >= 11 is 1.81. The Balaban J connectivity index is 1.85. The Kier molecular flexibility index (Phi) is 4.02. The van der Waals surface area contributed by atoms with Crippen LogP contribution in [0.5, 0.6) is 5.75 Å². The first-order valence-electron chi connectivity index (χ1n) is 8.33. The second-order valence-corrected chi connectivity index (χ2v) is 7.37. The van der Waals surface area contributed by atoms with Crippen LogP contribution in [0.25, 0.3) is 16.3 Å². The number of nitrogens with one attached hydrogen (secondary N) is 1.